The fraction of sp³-hybridized carbons (Fsp3) is 0.440. The molecule has 2 aromatic carbocycles. The number of nitrogens with one attached hydrogen (secondary N) is 1. The average Bonchev–Trinajstić information content (AvgIpc) is 2.80. The first-order chi connectivity index (χ1) is 16.8. The van der Waals surface area contributed by atoms with Gasteiger partial charge in [0.05, 0.1) is 22.0 Å². The minimum atomic E-state index is -3.60. The van der Waals surface area contributed by atoms with Gasteiger partial charge < -0.3 is 10.2 Å². The number of halogens is 3. The second kappa shape index (κ2) is 13.5. The molecule has 11 heteroatoms. The molecular weight excluding hydrogens is 545 g/mol. The standard InChI is InChI=1S/C25H32Cl3N3O4S/c1-5-17(2)29-25(33)18(3)30(16-19-11-12-22(27)23(28)14-19)24(32)10-7-13-31(36(4,34)35)21-9-6-8-20(26)15-21/h6,8-9,11-12,14-15,17-18H,5,7,10,13,16H2,1-4H3,(H,29,33)/t17-,18+/m1/s1. The van der Waals surface area contributed by atoms with E-state index in [9.17, 15) is 18.0 Å². The van der Waals surface area contributed by atoms with Crippen LogP contribution in [0.5, 0.6) is 0 Å². The van der Waals surface area contributed by atoms with Crippen LogP contribution in [0.2, 0.25) is 15.1 Å². The van der Waals surface area contributed by atoms with E-state index in [-0.39, 0.29) is 43.8 Å². The molecule has 0 aliphatic heterocycles. The summed E-state index contributed by atoms with van der Waals surface area (Å²) in [6, 6.07) is 10.8. The van der Waals surface area contributed by atoms with Crippen LogP contribution in [-0.2, 0) is 26.2 Å². The first-order valence-electron chi connectivity index (χ1n) is 11.6. The van der Waals surface area contributed by atoms with Gasteiger partial charge in [-0.1, -0.05) is 53.9 Å². The minimum absolute atomic E-state index is 0.0366. The summed E-state index contributed by atoms with van der Waals surface area (Å²) in [6.07, 6.45) is 2.14. The zero-order valence-corrected chi connectivity index (χ0v) is 23.9. The number of rotatable bonds is 12. The number of sulfonamides is 1. The highest BCUT2D eigenvalue weighted by molar-refractivity contribution is 7.92. The van der Waals surface area contributed by atoms with E-state index in [2.05, 4.69) is 5.32 Å². The van der Waals surface area contributed by atoms with Crippen molar-refractivity contribution in [2.45, 2.75) is 58.7 Å². The summed E-state index contributed by atoms with van der Waals surface area (Å²) < 4.78 is 26.0. The quantitative estimate of drug-likeness (QED) is 0.360. The smallest absolute Gasteiger partial charge is 0.242 e. The van der Waals surface area contributed by atoms with Gasteiger partial charge in [-0.05, 0) is 62.6 Å². The van der Waals surface area contributed by atoms with Crippen molar-refractivity contribution in [1.29, 1.82) is 0 Å². The molecule has 0 saturated carbocycles. The molecule has 0 aliphatic rings. The monoisotopic (exact) mass is 575 g/mol. The van der Waals surface area contributed by atoms with Crippen LogP contribution in [0, 0.1) is 0 Å². The van der Waals surface area contributed by atoms with Gasteiger partial charge in [0, 0.05) is 30.6 Å². The van der Waals surface area contributed by atoms with E-state index >= 15 is 0 Å². The third kappa shape index (κ3) is 8.83. The Balaban J connectivity index is 2.20. The summed E-state index contributed by atoms with van der Waals surface area (Å²) in [5, 5.41) is 4.06. The summed E-state index contributed by atoms with van der Waals surface area (Å²) >= 11 is 18.2. The summed E-state index contributed by atoms with van der Waals surface area (Å²) in [5.74, 6) is -0.554. The van der Waals surface area contributed by atoms with Gasteiger partial charge in [-0.15, -0.1) is 0 Å². The zero-order chi connectivity index (χ0) is 27.0. The number of carbonyl (C=O) groups excluding carboxylic acids is 2. The Morgan fingerprint density at radius 2 is 1.72 bits per heavy atom. The van der Waals surface area contributed by atoms with E-state index in [0.717, 1.165) is 18.2 Å². The van der Waals surface area contributed by atoms with Crippen molar-refractivity contribution in [3.05, 3.63) is 63.1 Å². The van der Waals surface area contributed by atoms with Gasteiger partial charge in [0.2, 0.25) is 21.8 Å². The number of carbonyl (C=O) groups is 2. The fourth-order valence-corrected chi connectivity index (χ4v) is 4.98. The number of amides is 2. The van der Waals surface area contributed by atoms with Crippen LogP contribution in [0.4, 0.5) is 5.69 Å². The number of hydrogen-bond donors (Lipinski definition) is 1. The summed E-state index contributed by atoms with van der Waals surface area (Å²) in [5.41, 5.74) is 1.14. The normalized spacial score (nSPS) is 13.1. The largest absolute Gasteiger partial charge is 0.352 e. The first-order valence-corrected chi connectivity index (χ1v) is 14.6. The number of benzene rings is 2. The third-order valence-corrected chi connectivity index (χ3v) is 7.92. The Labute approximate surface area is 228 Å². The summed E-state index contributed by atoms with van der Waals surface area (Å²) in [6.45, 7) is 5.75. The van der Waals surface area contributed by atoms with Crippen LogP contribution >= 0.6 is 34.8 Å². The van der Waals surface area contributed by atoms with E-state index < -0.39 is 16.1 Å². The molecule has 0 spiro atoms. The maximum Gasteiger partial charge on any atom is 0.242 e. The molecule has 0 fully saturated rings. The predicted octanol–water partition coefficient (Wildman–Crippen LogP) is 5.53. The predicted molar refractivity (Wildman–Crippen MR) is 147 cm³/mol. The van der Waals surface area contributed by atoms with Crippen molar-refractivity contribution < 1.29 is 18.0 Å². The highest BCUT2D eigenvalue weighted by Gasteiger charge is 2.27. The van der Waals surface area contributed by atoms with Gasteiger partial charge in [-0.2, -0.15) is 0 Å². The van der Waals surface area contributed by atoms with Gasteiger partial charge >= 0.3 is 0 Å². The lowest BCUT2D eigenvalue weighted by atomic mass is 10.1. The molecular formula is C25H32Cl3N3O4S. The average molecular weight is 577 g/mol. The molecule has 2 atom stereocenters. The van der Waals surface area contributed by atoms with Crippen LogP contribution in [0.15, 0.2) is 42.5 Å². The SMILES string of the molecule is CC[C@@H](C)NC(=O)[C@H](C)N(Cc1ccc(Cl)c(Cl)c1)C(=O)CCCN(c1cccc(Cl)c1)S(C)(=O)=O. The Hall–Kier alpha value is -2.00. The van der Waals surface area contributed by atoms with E-state index in [4.69, 9.17) is 34.8 Å². The topological polar surface area (TPSA) is 86.8 Å². The molecule has 0 aliphatic carbocycles. The molecule has 2 amide bonds. The van der Waals surface area contributed by atoms with E-state index in [1.807, 2.05) is 13.8 Å². The van der Waals surface area contributed by atoms with Crippen molar-refractivity contribution in [2.24, 2.45) is 0 Å². The molecule has 2 rings (SSSR count). The number of nitrogens with zero attached hydrogens (tertiary/aromatic N) is 2. The molecule has 0 radical (unpaired) electrons. The van der Waals surface area contributed by atoms with Crippen LogP contribution in [-0.4, -0.2) is 50.0 Å². The van der Waals surface area contributed by atoms with Gasteiger partial charge in [0.25, 0.3) is 0 Å². The van der Waals surface area contributed by atoms with Crippen molar-refractivity contribution in [3.8, 4) is 0 Å². The van der Waals surface area contributed by atoms with E-state index in [0.29, 0.717) is 20.8 Å². The third-order valence-electron chi connectivity index (χ3n) is 5.75. The second-order valence-electron chi connectivity index (χ2n) is 8.68. The maximum absolute atomic E-state index is 13.3. The van der Waals surface area contributed by atoms with E-state index in [1.165, 1.54) is 9.21 Å². The second-order valence-corrected chi connectivity index (χ2v) is 11.8. The molecule has 2 aromatic rings. The first kappa shape index (κ1) is 30.2. The minimum Gasteiger partial charge on any atom is -0.352 e. The van der Waals surface area contributed by atoms with E-state index in [1.54, 1.807) is 49.4 Å². The Morgan fingerprint density at radius 1 is 1.03 bits per heavy atom. The van der Waals surface area contributed by atoms with Crippen LogP contribution in [0.1, 0.15) is 45.6 Å². The lowest BCUT2D eigenvalue weighted by molar-refractivity contribution is -0.140. The fourth-order valence-electron chi connectivity index (χ4n) is 3.52. The Morgan fingerprint density at radius 3 is 2.31 bits per heavy atom. The van der Waals surface area contributed by atoms with Crippen LogP contribution in [0.25, 0.3) is 0 Å². The van der Waals surface area contributed by atoms with Crippen LogP contribution in [0.3, 0.4) is 0 Å². The van der Waals surface area contributed by atoms with Crippen molar-refractivity contribution in [1.82, 2.24) is 10.2 Å². The van der Waals surface area contributed by atoms with Gasteiger partial charge in [0.1, 0.15) is 6.04 Å². The molecule has 0 unspecified atom stereocenters. The molecule has 0 heterocycles. The highest BCUT2D eigenvalue weighted by atomic mass is 35.5. The van der Waals surface area contributed by atoms with Gasteiger partial charge in [0.15, 0.2) is 0 Å². The van der Waals surface area contributed by atoms with Crippen molar-refractivity contribution in [3.63, 3.8) is 0 Å². The highest BCUT2D eigenvalue weighted by Crippen LogP contribution is 2.25. The Kier molecular flexibility index (Phi) is 11.3. The number of hydrogen-bond acceptors (Lipinski definition) is 4. The molecule has 0 aromatic heterocycles. The molecule has 198 valence electrons. The van der Waals surface area contributed by atoms with Gasteiger partial charge in [-0.3, -0.25) is 13.9 Å². The van der Waals surface area contributed by atoms with Crippen molar-refractivity contribution >= 4 is 62.3 Å². The van der Waals surface area contributed by atoms with Gasteiger partial charge in [-0.25, -0.2) is 8.42 Å². The molecule has 1 N–H and O–H groups in total. The number of anilines is 1. The summed E-state index contributed by atoms with van der Waals surface area (Å²) in [7, 11) is -3.60. The maximum atomic E-state index is 13.3. The summed E-state index contributed by atoms with van der Waals surface area (Å²) in [4.78, 5) is 27.6. The Bertz CT molecular complexity index is 1180. The zero-order valence-electron chi connectivity index (χ0n) is 20.8. The molecule has 0 saturated heterocycles. The molecule has 36 heavy (non-hydrogen) atoms. The lowest BCUT2D eigenvalue weighted by Crippen LogP contribution is -2.49. The molecule has 7 nitrogen and oxygen atoms in total. The van der Waals surface area contributed by atoms with Crippen LogP contribution < -0.4 is 9.62 Å². The lowest BCUT2D eigenvalue weighted by Gasteiger charge is -2.30. The van der Waals surface area contributed by atoms with Crippen molar-refractivity contribution in [2.75, 3.05) is 17.1 Å². The molecule has 0 bridgehead atoms.